The van der Waals surface area contributed by atoms with Crippen LogP contribution in [-0.2, 0) is 16.8 Å². The number of carbonyl (C=O) groups is 2. The number of nitrogens with zero attached hydrogens (tertiary/aromatic N) is 2. The van der Waals surface area contributed by atoms with E-state index in [0.29, 0.717) is 11.1 Å². The third-order valence-corrected chi connectivity index (χ3v) is 3.83. The van der Waals surface area contributed by atoms with Crippen LogP contribution in [0.1, 0.15) is 48.0 Å². The quantitative estimate of drug-likeness (QED) is 0.493. The van der Waals surface area contributed by atoms with Crippen molar-refractivity contribution in [2.75, 3.05) is 5.01 Å². The Morgan fingerprint density at radius 1 is 1.23 bits per heavy atom. The fourth-order valence-electron chi connectivity index (χ4n) is 2.46. The van der Waals surface area contributed by atoms with Crippen LogP contribution in [0.5, 0.6) is 0 Å². The van der Waals surface area contributed by atoms with E-state index in [2.05, 4.69) is 4.98 Å². The molecule has 1 amide bonds. The average molecular weight is 357 g/mol. The van der Waals surface area contributed by atoms with Crippen LogP contribution in [0.15, 0.2) is 36.4 Å². The Morgan fingerprint density at radius 2 is 1.85 bits per heavy atom. The second kappa shape index (κ2) is 7.53. The van der Waals surface area contributed by atoms with Crippen molar-refractivity contribution in [1.29, 1.82) is 0 Å². The zero-order valence-corrected chi connectivity index (χ0v) is 15.3. The molecule has 2 aromatic rings. The fourth-order valence-corrected chi connectivity index (χ4v) is 2.46. The molecule has 0 unspecified atom stereocenters. The minimum absolute atomic E-state index is 0.0495. The number of pyridine rings is 1. The molecule has 0 radical (unpaired) electrons. The molecule has 0 atom stereocenters. The first-order chi connectivity index (χ1) is 12.1. The van der Waals surface area contributed by atoms with Crippen LogP contribution in [0.4, 0.5) is 10.6 Å². The highest BCUT2D eigenvalue weighted by Crippen LogP contribution is 2.29. The molecule has 0 saturated carbocycles. The summed E-state index contributed by atoms with van der Waals surface area (Å²) >= 11 is 0. The Hall–Kier alpha value is -2.93. The molecule has 1 aromatic carbocycles. The Balaban J connectivity index is 2.27. The smallest absolute Gasteiger partial charge is 0.430 e. The minimum Gasteiger partial charge on any atom is -0.477 e. The van der Waals surface area contributed by atoms with Crippen LogP contribution in [0.25, 0.3) is 0 Å². The first-order valence-corrected chi connectivity index (χ1v) is 8.12. The summed E-state index contributed by atoms with van der Waals surface area (Å²) in [6.07, 6.45) is -0.815. The molecule has 0 aliphatic carbocycles. The van der Waals surface area contributed by atoms with Crippen LogP contribution in [0, 0.1) is 6.92 Å². The van der Waals surface area contributed by atoms with Crippen molar-refractivity contribution in [3.8, 4) is 0 Å². The third-order valence-electron chi connectivity index (χ3n) is 3.83. The number of anilines is 1. The number of benzene rings is 1. The third kappa shape index (κ3) is 4.37. The maximum atomic E-state index is 12.2. The molecule has 138 valence electrons. The summed E-state index contributed by atoms with van der Waals surface area (Å²) in [5.41, 5.74) is 1.41. The number of rotatable bonds is 4. The highest BCUT2D eigenvalue weighted by Gasteiger charge is 2.27. The van der Waals surface area contributed by atoms with Crippen molar-refractivity contribution in [3.63, 3.8) is 0 Å². The summed E-state index contributed by atoms with van der Waals surface area (Å²) in [4.78, 5) is 27.9. The van der Waals surface area contributed by atoms with Gasteiger partial charge < -0.3 is 9.84 Å². The van der Waals surface area contributed by atoms with Crippen molar-refractivity contribution < 1.29 is 19.4 Å². The van der Waals surface area contributed by atoms with Gasteiger partial charge in [-0.05, 0) is 35.1 Å². The molecule has 26 heavy (non-hydrogen) atoms. The molecule has 0 spiro atoms. The van der Waals surface area contributed by atoms with Gasteiger partial charge in [0.15, 0.2) is 11.5 Å². The second-order valence-corrected chi connectivity index (χ2v) is 6.99. The Kier molecular flexibility index (Phi) is 5.62. The predicted molar refractivity (Wildman–Crippen MR) is 97.9 cm³/mol. The van der Waals surface area contributed by atoms with Crippen molar-refractivity contribution in [2.45, 2.75) is 39.7 Å². The number of hydrogen-bond acceptors (Lipinski definition) is 5. The zero-order chi connectivity index (χ0) is 19.5. The number of carboxylic acids is 1. The summed E-state index contributed by atoms with van der Waals surface area (Å²) < 4.78 is 5.17. The van der Waals surface area contributed by atoms with Gasteiger partial charge in [0, 0.05) is 0 Å². The second-order valence-electron chi connectivity index (χ2n) is 6.99. The highest BCUT2D eigenvalue weighted by atomic mass is 16.6. The number of amides is 1. The molecule has 1 aromatic heterocycles. The van der Waals surface area contributed by atoms with Gasteiger partial charge in [0.2, 0.25) is 0 Å². The van der Waals surface area contributed by atoms with E-state index in [1.54, 1.807) is 13.0 Å². The molecule has 0 aliphatic rings. The summed E-state index contributed by atoms with van der Waals surface area (Å²) in [5, 5.41) is 10.2. The largest absolute Gasteiger partial charge is 0.477 e. The van der Waals surface area contributed by atoms with Crippen LogP contribution < -0.4 is 10.9 Å². The lowest BCUT2D eigenvalue weighted by Crippen LogP contribution is -2.39. The highest BCUT2D eigenvalue weighted by molar-refractivity contribution is 5.91. The van der Waals surface area contributed by atoms with Crippen LogP contribution in [-0.4, -0.2) is 22.2 Å². The normalized spacial score (nSPS) is 11.1. The van der Waals surface area contributed by atoms with E-state index in [9.17, 15) is 14.7 Å². The maximum absolute atomic E-state index is 12.2. The molecular weight excluding hydrogens is 334 g/mol. The van der Waals surface area contributed by atoms with Gasteiger partial charge in [-0.3, -0.25) is 0 Å². The maximum Gasteiger partial charge on any atom is 0.430 e. The molecule has 0 bridgehead atoms. The lowest BCUT2D eigenvalue weighted by atomic mass is 9.85. The van der Waals surface area contributed by atoms with Gasteiger partial charge in [0.05, 0.1) is 0 Å². The topological polar surface area (TPSA) is 106 Å². The number of aryl methyl sites for hydroxylation is 1. The number of carboxylic acid groups (broad SMARTS) is 1. The van der Waals surface area contributed by atoms with Crippen molar-refractivity contribution in [1.82, 2.24) is 4.98 Å². The molecule has 3 N–H and O–H groups in total. The van der Waals surface area contributed by atoms with Gasteiger partial charge in [-0.2, -0.15) is 5.01 Å². The zero-order valence-electron chi connectivity index (χ0n) is 15.3. The number of nitrogens with two attached hydrogens (primary N) is 1. The monoisotopic (exact) mass is 357 g/mol. The Labute approximate surface area is 152 Å². The first kappa shape index (κ1) is 19.4. The number of aromatic carboxylic acids is 1. The van der Waals surface area contributed by atoms with E-state index in [4.69, 9.17) is 10.6 Å². The first-order valence-electron chi connectivity index (χ1n) is 8.12. The molecule has 0 aliphatic heterocycles. The standard InChI is InChI=1S/C19H23N3O4/c1-12-10-14(19(2,3)4)15(17(23)24)21-16(12)22(20)18(25)26-11-13-8-6-5-7-9-13/h5-10H,11,20H2,1-4H3,(H,23,24). The van der Waals surface area contributed by atoms with Crippen LogP contribution in [0.3, 0.4) is 0 Å². The van der Waals surface area contributed by atoms with Gasteiger partial charge in [0.25, 0.3) is 0 Å². The van der Waals surface area contributed by atoms with E-state index < -0.39 is 17.5 Å². The lowest BCUT2D eigenvalue weighted by molar-refractivity contribution is 0.0687. The number of ether oxygens (including phenoxy) is 1. The van der Waals surface area contributed by atoms with Crippen LogP contribution in [0.2, 0.25) is 0 Å². The van der Waals surface area contributed by atoms with Gasteiger partial charge in [-0.1, -0.05) is 51.1 Å². The number of hydrazine groups is 1. The summed E-state index contributed by atoms with van der Waals surface area (Å²) in [5.74, 6) is 4.71. The molecule has 7 nitrogen and oxygen atoms in total. The van der Waals surface area contributed by atoms with E-state index >= 15 is 0 Å². The SMILES string of the molecule is Cc1cc(C(C)(C)C)c(C(=O)O)nc1N(N)C(=O)OCc1ccccc1. The predicted octanol–water partition coefficient (Wildman–Crippen LogP) is 3.40. The van der Waals surface area contributed by atoms with E-state index in [0.717, 1.165) is 10.6 Å². The Morgan fingerprint density at radius 3 is 2.38 bits per heavy atom. The lowest BCUT2D eigenvalue weighted by Gasteiger charge is -2.24. The van der Waals surface area contributed by atoms with E-state index in [-0.39, 0.29) is 18.1 Å². The molecular formula is C19H23N3O4. The Bertz CT molecular complexity index is 814. The van der Waals surface area contributed by atoms with Gasteiger partial charge in [-0.15, -0.1) is 0 Å². The number of carbonyl (C=O) groups excluding carboxylic acids is 1. The van der Waals surface area contributed by atoms with Gasteiger partial charge in [-0.25, -0.2) is 20.4 Å². The van der Waals surface area contributed by atoms with Gasteiger partial charge >= 0.3 is 12.1 Å². The van der Waals surface area contributed by atoms with Crippen molar-refractivity contribution in [3.05, 3.63) is 58.8 Å². The summed E-state index contributed by atoms with van der Waals surface area (Å²) in [6.45, 7) is 7.45. The number of hydrogen-bond donors (Lipinski definition) is 2. The van der Waals surface area contributed by atoms with Crippen molar-refractivity contribution >= 4 is 17.9 Å². The average Bonchev–Trinajstić information content (AvgIpc) is 2.58. The molecule has 0 fully saturated rings. The van der Waals surface area contributed by atoms with Crippen molar-refractivity contribution in [2.24, 2.45) is 5.84 Å². The molecule has 0 saturated heterocycles. The van der Waals surface area contributed by atoms with E-state index in [1.807, 2.05) is 51.1 Å². The molecule has 7 heteroatoms. The van der Waals surface area contributed by atoms with E-state index in [1.165, 1.54) is 0 Å². The summed E-state index contributed by atoms with van der Waals surface area (Å²) in [6, 6.07) is 10.9. The summed E-state index contributed by atoms with van der Waals surface area (Å²) in [7, 11) is 0. The molecule has 2 rings (SSSR count). The van der Waals surface area contributed by atoms with Gasteiger partial charge in [0.1, 0.15) is 6.61 Å². The van der Waals surface area contributed by atoms with Crippen LogP contribution >= 0.6 is 0 Å². The molecule has 1 heterocycles. The minimum atomic E-state index is -1.18. The fraction of sp³-hybridized carbons (Fsp3) is 0.316. The number of aromatic nitrogens is 1.